The molecule has 2 rings (SSSR count). The monoisotopic (exact) mass is 283 g/mol. The molecule has 0 saturated heterocycles. The van der Waals surface area contributed by atoms with Gasteiger partial charge in [-0.1, -0.05) is 36.6 Å². The van der Waals surface area contributed by atoms with E-state index in [-0.39, 0.29) is 15.8 Å². The molecule has 1 aliphatic rings. The zero-order valence-electron chi connectivity index (χ0n) is 9.84. The van der Waals surface area contributed by atoms with Gasteiger partial charge in [-0.2, -0.15) is 5.26 Å². The van der Waals surface area contributed by atoms with Gasteiger partial charge in [0.1, 0.15) is 0 Å². The highest BCUT2D eigenvalue weighted by Gasteiger charge is 2.37. The fraction of sp³-hybridized carbons (Fsp3) is 0.462. The van der Waals surface area contributed by atoms with Crippen molar-refractivity contribution in [1.29, 1.82) is 5.26 Å². The molecule has 0 bridgehead atoms. The summed E-state index contributed by atoms with van der Waals surface area (Å²) >= 11 is 5.93. The first-order chi connectivity index (χ1) is 8.57. The Morgan fingerprint density at radius 3 is 2.44 bits per heavy atom. The van der Waals surface area contributed by atoms with E-state index in [4.69, 9.17) is 11.6 Å². The summed E-state index contributed by atoms with van der Waals surface area (Å²) in [5.41, 5.74) is 0. The van der Waals surface area contributed by atoms with E-state index in [1.165, 1.54) is 12.1 Å². The minimum Gasteiger partial charge on any atom is -0.222 e. The van der Waals surface area contributed by atoms with Crippen molar-refractivity contribution in [1.82, 2.24) is 0 Å². The zero-order valence-corrected chi connectivity index (χ0v) is 11.4. The third kappa shape index (κ3) is 2.38. The predicted molar refractivity (Wildman–Crippen MR) is 70.0 cm³/mol. The molecule has 18 heavy (non-hydrogen) atoms. The van der Waals surface area contributed by atoms with Gasteiger partial charge in [0.2, 0.25) is 0 Å². The normalized spacial score (nSPS) is 18.4. The smallest absolute Gasteiger partial charge is 0.196 e. The zero-order chi connectivity index (χ0) is 13.2. The Hall–Kier alpha value is -1.05. The summed E-state index contributed by atoms with van der Waals surface area (Å²) in [6, 6.07) is 8.28. The molecule has 0 heterocycles. The maximum atomic E-state index is 12.5. The maximum Gasteiger partial charge on any atom is 0.196 e. The highest BCUT2D eigenvalue weighted by atomic mass is 35.5. The summed E-state index contributed by atoms with van der Waals surface area (Å²) in [4.78, 5) is 0.0742. The SMILES string of the molecule is N#CC(C1CCCC1)S(=O)(=O)c1ccccc1Cl. The fourth-order valence-corrected chi connectivity index (χ4v) is 4.76. The van der Waals surface area contributed by atoms with Gasteiger partial charge in [-0.25, -0.2) is 8.42 Å². The third-order valence-corrected chi connectivity index (χ3v) is 6.00. The largest absolute Gasteiger partial charge is 0.222 e. The first-order valence-electron chi connectivity index (χ1n) is 5.95. The van der Waals surface area contributed by atoms with E-state index in [9.17, 15) is 13.7 Å². The average molecular weight is 284 g/mol. The number of benzene rings is 1. The summed E-state index contributed by atoms with van der Waals surface area (Å²) in [6.07, 6.45) is 3.62. The molecule has 0 aromatic heterocycles. The lowest BCUT2D eigenvalue weighted by atomic mass is 10.1. The lowest BCUT2D eigenvalue weighted by Crippen LogP contribution is -2.27. The van der Waals surface area contributed by atoms with Crippen LogP contribution in [-0.2, 0) is 9.84 Å². The number of rotatable bonds is 3. The van der Waals surface area contributed by atoms with E-state index in [0.717, 1.165) is 25.7 Å². The first kappa shape index (κ1) is 13.4. The Balaban J connectivity index is 2.41. The number of sulfone groups is 1. The number of hydrogen-bond acceptors (Lipinski definition) is 3. The van der Waals surface area contributed by atoms with Crippen LogP contribution in [0.25, 0.3) is 0 Å². The topological polar surface area (TPSA) is 57.9 Å². The van der Waals surface area contributed by atoms with Crippen LogP contribution in [0.15, 0.2) is 29.2 Å². The lowest BCUT2D eigenvalue weighted by Gasteiger charge is -2.17. The van der Waals surface area contributed by atoms with Crippen LogP contribution in [0.1, 0.15) is 25.7 Å². The van der Waals surface area contributed by atoms with Crippen molar-refractivity contribution in [2.24, 2.45) is 5.92 Å². The maximum absolute atomic E-state index is 12.5. The molecule has 0 amide bonds. The molecular formula is C13H14ClNO2S. The van der Waals surface area contributed by atoms with Crippen molar-refractivity contribution in [2.45, 2.75) is 35.8 Å². The van der Waals surface area contributed by atoms with Gasteiger partial charge in [0.25, 0.3) is 0 Å². The molecule has 1 aliphatic carbocycles. The predicted octanol–water partition coefficient (Wildman–Crippen LogP) is 3.20. The molecular weight excluding hydrogens is 270 g/mol. The van der Waals surface area contributed by atoms with Gasteiger partial charge < -0.3 is 0 Å². The molecule has 96 valence electrons. The molecule has 1 atom stereocenters. The van der Waals surface area contributed by atoms with Crippen LogP contribution in [0, 0.1) is 17.2 Å². The Kier molecular flexibility index (Phi) is 3.94. The van der Waals surface area contributed by atoms with E-state index in [1.54, 1.807) is 12.1 Å². The lowest BCUT2D eigenvalue weighted by molar-refractivity contribution is 0.525. The van der Waals surface area contributed by atoms with Gasteiger partial charge in [0.15, 0.2) is 15.1 Å². The van der Waals surface area contributed by atoms with Gasteiger partial charge in [0, 0.05) is 0 Å². The highest BCUT2D eigenvalue weighted by Crippen LogP contribution is 2.35. The highest BCUT2D eigenvalue weighted by molar-refractivity contribution is 7.92. The molecule has 0 N–H and O–H groups in total. The molecule has 1 unspecified atom stereocenters. The van der Waals surface area contributed by atoms with E-state index >= 15 is 0 Å². The van der Waals surface area contributed by atoms with E-state index < -0.39 is 15.1 Å². The van der Waals surface area contributed by atoms with Crippen molar-refractivity contribution in [3.63, 3.8) is 0 Å². The summed E-state index contributed by atoms with van der Waals surface area (Å²) < 4.78 is 24.9. The molecule has 0 radical (unpaired) electrons. The molecule has 1 aromatic rings. The summed E-state index contributed by atoms with van der Waals surface area (Å²) in [5.74, 6) is -0.0590. The van der Waals surface area contributed by atoms with Gasteiger partial charge in [0.05, 0.1) is 16.0 Å². The molecule has 5 heteroatoms. The fourth-order valence-electron chi connectivity index (χ4n) is 2.50. The van der Waals surface area contributed by atoms with E-state index in [0.29, 0.717) is 0 Å². The average Bonchev–Trinajstić information content (AvgIpc) is 2.83. The summed E-state index contributed by atoms with van der Waals surface area (Å²) in [7, 11) is -3.66. The molecule has 0 aliphatic heterocycles. The van der Waals surface area contributed by atoms with Crippen molar-refractivity contribution in [2.75, 3.05) is 0 Å². The van der Waals surface area contributed by atoms with Crippen molar-refractivity contribution < 1.29 is 8.42 Å². The quantitative estimate of drug-likeness (QED) is 0.856. The molecule has 1 aromatic carbocycles. The van der Waals surface area contributed by atoms with Gasteiger partial charge >= 0.3 is 0 Å². The van der Waals surface area contributed by atoms with Crippen molar-refractivity contribution >= 4 is 21.4 Å². The molecule has 3 nitrogen and oxygen atoms in total. The van der Waals surface area contributed by atoms with Crippen LogP contribution in [0.3, 0.4) is 0 Å². The summed E-state index contributed by atoms with van der Waals surface area (Å²) in [6.45, 7) is 0. The first-order valence-corrected chi connectivity index (χ1v) is 7.88. The van der Waals surface area contributed by atoms with Crippen LogP contribution in [0.5, 0.6) is 0 Å². The summed E-state index contributed by atoms with van der Waals surface area (Å²) in [5, 5.41) is 8.42. The number of nitrogens with zero attached hydrogens (tertiary/aromatic N) is 1. The third-order valence-electron chi connectivity index (χ3n) is 3.43. The van der Waals surface area contributed by atoms with Crippen molar-refractivity contribution in [3.05, 3.63) is 29.3 Å². The van der Waals surface area contributed by atoms with Crippen LogP contribution in [-0.4, -0.2) is 13.7 Å². The minimum absolute atomic E-state index is 0.0590. The molecule has 1 fully saturated rings. The number of hydrogen-bond donors (Lipinski definition) is 0. The molecule has 1 saturated carbocycles. The number of nitriles is 1. The second-order valence-electron chi connectivity index (χ2n) is 4.57. The Bertz CT molecular complexity index is 571. The second-order valence-corrected chi connectivity index (χ2v) is 7.01. The van der Waals surface area contributed by atoms with E-state index in [1.807, 2.05) is 6.07 Å². The Morgan fingerprint density at radius 1 is 1.28 bits per heavy atom. The van der Waals surface area contributed by atoms with Crippen LogP contribution in [0.4, 0.5) is 0 Å². The van der Waals surface area contributed by atoms with Crippen LogP contribution < -0.4 is 0 Å². The Labute approximate surface area is 112 Å². The molecule has 0 spiro atoms. The van der Waals surface area contributed by atoms with Crippen molar-refractivity contribution in [3.8, 4) is 6.07 Å². The second kappa shape index (κ2) is 5.29. The standard InChI is InChI=1S/C13H14ClNO2S/c14-11-7-3-4-8-12(11)18(16,17)13(9-15)10-5-1-2-6-10/h3-4,7-8,10,13H,1-2,5-6H2. The van der Waals surface area contributed by atoms with Crippen LogP contribution in [0.2, 0.25) is 5.02 Å². The van der Waals surface area contributed by atoms with Gasteiger partial charge in [-0.3, -0.25) is 0 Å². The van der Waals surface area contributed by atoms with Crippen LogP contribution >= 0.6 is 11.6 Å². The van der Waals surface area contributed by atoms with Gasteiger partial charge in [-0.05, 0) is 30.9 Å². The van der Waals surface area contributed by atoms with E-state index in [2.05, 4.69) is 0 Å². The minimum atomic E-state index is -3.66. The van der Waals surface area contributed by atoms with Gasteiger partial charge in [-0.15, -0.1) is 0 Å². The Morgan fingerprint density at radius 2 is 1.89 bits per heavy atom. The number of halogens is 1.